The van der Waals surface area contributed by atoms with Crippen molar-refractivity contribution in [3.63, 3.8) is 0 Å². The molecule has 0 aliphatic rings. The number of hydrogen-bond acceptors (Lipinski definition) is 4. The highest BCUT2D eigenvalue weighted by molar-refractivity contribution is 5.96. The number of benzene rings is 1. The Labute approximate surface area is 147 Å². The molecule has 128 valence electrons. The second-order valence-corrected chi connectivity index (χ2v) is 6.41. The predicted molar refractivity (Wildman–Crippen MR) is 101 cm³/mol. The van der Waals surface area contributed by atoms with Crippen LogP contribution in [0, 0.1) is 5.92 Å². The minimum Gasteiger partial charge on any atom is -0.352 e. The number of carbonyl (C=O) groups is 1. The van der Waals surface area contributed by atoms with E-state index < -0.39 is 0 Å². The summed E-state index contributed by atoms with van der Waals surface area (Å²) in [6.45, 7) is 4.94. The van der Waals surface area contributed by atoms with Gasteiger partial charge in [-0.05, 0) is 30.5 Å². The molecule has 0 aliphatic carbocycles. The van der Waals surface area contributed by atoms with Crippen molar-refractivity contribution in [3.05, 3.63) is 60.6 Å². The van der Waals surface area contributed by atoms with Gasteiger partial charge in [-0.15, -0.1) is 0 Å². The lowest BCUT2D eigenvalue weighted by molar-refractivity contribution is 0.0951. The molecule has 2 aromatic heterocycles. The van der Waals surface area contributed by atoms with Gasteiger partial charge in [0.05, 0.1) is 28.7 Å². The maximum Gasteiger partial charge on any atom is 0.252 e. The molecule has 3 rings (SSSR count). The van der Waals surface area contributed by atoms with Gasteiger partial charge in [0.1, 0.15) is 0 Å². The molecular weight excluding hydrogens is 312 g/mol. The number of aromatic nitrogens is 2. The van der Waals surface area contributed by atoms with Gasteiger partial charge >= 0.3 is 0 Å². The fourth-order valence-electron chi connectivity index (χ4n) is 2.57. The molecule has 25 heavy (non-hydrogen) atoms. The van der Waals surface area contributed by atoms with Crippen LogP contribution in [0.5, 0.6) is 0 Å². The number of rotatable bonds is 6. The summed E-state index contributed by atoms with van der Waals surface area (Å²) < 4.78 is 0. The standard InChI is InChI=1S/C20H22N4O/c1-14(2)8-10-23-20(25)16-11-17(13-21-12-16)24-18-7-3-5-15-6-4-9-22-19(15)18/h3-7,9,11-14,24H,8,10H2,1-2H3,(H,23,25). The molecule has 0 aliphatic heterocycles. The Bertz CT molecular complexity index is 871. The van der Waals surface area contributed by atoms with Crippen LogP contribution in [0.4, 0.5) is 11.4 Å². The van der Waals surface area contributed by atoms with Crippen LogP contribution < -0.4 is 10.6 Å². The molecular formula is C20H22N4O. The zero-order valence-electron chi connectivity index (χ0n) is 14.5. The monoisotopic (exact) mass is 334 g/mol. The maximum atomic E-state index is 12.3. The molecule has 5 nitrogen and oxygen atoms in total. The Morgan fingerprint density at radius 2 is 2.00 bits per heavy atom. The number of nitrogens with zero attached hydrogens (tertiary/aromatic N) is 2. The molecule has 0 unspecified atom stereocenters. The minimum absolute atomic E-state index is 0.104. The molecule has 1 aromatic carbocycles. The fourth-order valence-corrected chi connectivity index (χ4v) is 2.57. The van der Waals surface area contributed by atoms with E-state index in [1.54, 1.807) is 24.7 Å². The first-order valence-electron chi connectivity index (χ1n) is 8.47. The van der Waals surface area contributed by atoms with E-state index in [4.69, 9.17) is 0 Å². The molecule has 5 heteroatoms. The Morgan fingerprint density at radius 3 is 2.84 bits per heavy atom. The average Bonchev–Trinajstić information content (AvgIpc) is 2.62. The van der Waals surface area contributed by atoms with E-state index in [-0.39, 0.29) is 5.91 Å². The maximum absolute atomic E-state index is 12.3. The Morgan fingerprint density at radius 1 is 1.16 bits per heavy atom. The van der Waals surface area contributed by atoms with Crippen molar-refractivity contribution in [1.29, 1.82) is 0 Å². The van der Waals surface area contributed by atoms with Gasteiger partial charge in [-0.2, -0.15) is 0 Å². The van der Waals surface area contributed by atoms with Gasteiger partial charge in [0.2, 0.25) is 0 Å². The zero-order valence-corrected chi connectivity index (χ0v) is 14.5. The summed E-state index contributed by atoms with van der Waals surface area (Å²) in [5.74, 6) is 0.457. The number of hydrogen-bond donors (Lipinski definition) is 2. The van der Waals surface area contributed by atoms with E-state index in [0.29, 0.717) is 18.0 Å². The molecule has 0 spiro atoms. The lowest BCUT2D eigenvalue weighted by atomic mass is 10.1. The first kappa shape index (κ1) is 16.9. The molecule has 2 N–H and O–H groups in total. The molecule has 2 heterocycles. The van der Waals surface area contributed by atoms with Gasteiger partial charge < -0.3 is 10.6 Å². The third-order valence-electron chi connectivity index (χ3n) is 3.92. The van der Waals surface area contributed by atoms with Crippen LogP contribution in [0.15, 0.2) is 55.0 Å². The predicted octanol–water partition coefficient (Wildman–Crippen LogP) is 4.15. The van der Waals surface area contributed by atoms with Crippen molar-refractivity contribution in [3.8, 4) is 0 Å². The molecule has 0 bridgehead atoms. The third-order valence-corrected chi connectivity index (χ3v) is 3.92. The van der Waals surface area contributed by atoms with Gasteiger partial charge in [0, 0.05) is 24.3 Å². The summed E-state index contributed by atoms with van der Waals surface area (Å²) in [4.78, 5) is 20.9. The van der Waals surface area contributed by atoms with E-state index in [1.807, 2.05) is 30.3 Å². The number of nitrogens with one attached hydrogen (secondary N) is 2. The molecule has 0 fully saturated rings. The number of carbonyl (C=O) groups excluding carboxylic acids is 1. The summed E-state index contributed by atoms with van der Waals surface area (Å²) in [5.41, 5.74) is 3.07. The van der Waals surface area contributed by atoms with Crippen molar-refractivity contribution in [1.82, 2.24) is 15.3 Å². The molecule has 1 amide bonds. The van der Waals surface area contributed by atoms with E-state index in [2.05, 4.69) is 34.4 Å². The van der Waals surface area contributed by atoms with Crippen LogP contribution in [0.3, 0.4) is 0 Å². The minimum atomic E-state index is -0.104. The summed E-state index contributed by atoms with van der Waals surface area (Å²) in [5, 5.41) is 7.30. The van der Waals surface area contributed by atoms with Gasteiger partial charge in [0.15, 0.2) is 0 Å². The smallest absolute Gasteiger partial charge is 0.252 e. The molecule has 0 saturated carbocycles. The average molecular weight is 334 g/mol. The van der Waals surface area contributed by atoms with Gasteiger partial charge in [-0.1, -0.05) is 32.0 Å². The Hall–Kier alpha value is -2.95. The first-order valence-corrected chi connectivity index (χ1v) is 8.47. The number of fused-ring (bicyclic) bond motifs is 1. The van der Waals surface area contributed by atoms with Crippen molar-refractivity contribution >= 4 is 28.2 Å². The highest BCUT2D eigenvalue weighted by atomic mass is 16.1. The number of para-hydroxylation sites is 1. The SMILES string of the molecule is CC(C)CCNC(=O)c1cncc(Nc2cccc3cccnc23)c1. The van der Waals surface area contributed by atoms with Crippen molar-refractivity contribution < 1.29 is 4.79 Å². The third kappa shape index (κ3) is 4.32. The van der Waals surface area contributed by atoms with Gasteiger partial charge in [-0.25, -0.2) is 0 Å². The number of amides is 1. The van der Waals surface area contributed by atoms with Gasteiger partial charge in [-0.3, -0.25) is 14.8 Å². The van der Waals surface area contributed by atoms with Crippen molar-refractivity contribution in [2.45, 2.75) is 20.3 Å². The summed E-state index contributed by atoms with van der Waals surface area (Å²) in [6, 6.07) is 11.7. The van der Waals surface area contributed by atoms with Crippen LogP contribution in [0.25, 0.3) is 10.9 Å². The summed E-state index contributed by atoms with van der Waals surface area (Å²) in [6.07, 6.45) is 6.01. The summed E-state index contributed by atoms with van der Waals surface area (Å²) in [7, 11) is 0. The Balaban J connectivity index is 1.76. The zero-order chi connectivity index (χ0) is 17.6. The molecule has 3 aromatic rings. The lowest BCUT2D eigenvalue weighted by Crippen LogP contribution is -2.25. The van der Waals surface area contributed by atoms with Crippen LogP contribution in [0.2, 0.25) is 0 Å². The fraction of sp³-hybridized carbons (Fsp3) is 0.250. The second-order valence-electron chi connectivity index (χ2n) is 6.41. The second kappa shape index (κ2) is 7.75. The largest absolute Gasteiger partial charge is 0.352 e. The normalized spacial score (nSPS) is 10.8. The van der Waals surface area contributed by atoms with Gasteiger partial charge in [0.25, 0.3) is 5.91 Å². The van der Waals surface area contributed by atoms with Crippen LogP contribution >= 0.6 is 0 Å². The number of anilines is 2. The van der Waals surface area contributed by atoms with E-state index in [1.165, 1.54) is 0 Å². The van der Waals surface area contributed by atoms with Crippen LogP contribution in [-0.2, 0) is 0 Å². The lowest BCUT2D eigenvalue weighted by Gasteiger charge is -2.11. The first-order chi connectivity index (χ1) is 12.1. The van der Waals surface area contributed by atoms with Crippen LogP contribution in [0.1, 0.15) is 30.6 Å². The van der Waals surface area contributed by atoms with Crippen molar-refractivity contribution in [2.75, 3.05) is 11.9 Å². The topological polar surface area (TPSA) is 66.9 Å². The highest BCUT2D eigenvalue weighted by Gasteiger charge is 2.08. The van der Waals surface area contributed by atoms with E-state index >= 15 is 0 Å². The van der Waals surface area contributed by atoms with Crippen LogP contribution in [-0.4, -0.2) is 22.4 Å². The molecule has 0 saturated heterocycles. The summed E-state index contributed by atoms with van der Waals surface area (Å²) >= 11 is 0. The molecule has 0 radical (unpaired) electrons. The van der Waals surface area contributed by atoms with E-state index in [0.717, 1.165) is 28.7 Å². The number of pyridine rings is 2. The van der Waals surface area contributed by atoms with E-state index in [9.17, 15) is 4.79 Å². The quantitative estimate of drug-likeness (QED) is 0.711. The molecule has 0 atom stereocenters. The Kier molecular flexibility index (Phi) is 5.23. The highest BCUT2D eigenvalue weighted by Crippen LogP contribution is 2.24. The van der Waals surface area contributed by atoms with Crippen molar-refractivity contribution in [2.24, 2.45) is 5.92 Å².